The highest BCUT2D eigenvalue weighted by Gasteiger charge is 2.29. The van der Waals surface area contributed by atoms with Crippen LogP contribution in [0.5, 0.6) is 0 Å². The Morgan fingerprint density at radius 1 is 1.08 bits per heavy atom. The van der Waals surface area contributed by atoms with Crippen LogP contribution in [0.1, 0.15) is 5.56 Å². The Balaban J connectivity index is 2.28. The van der Waals surface area contributed by atoms with Gasteiger partial charge in [0.05, 0.1) is 0 Å². The van der Waals surface area contributed by atoms with Gasteiger partial charge in [-0.05, 0) is 29.3 Å². The van der Waals surface area contributed by atoms with Crippen molar-refractivity contribution in [3.05, 3.63) is 41.7 Å². The largest absolute Gasteiger partial charge is 0.386 e. The van der Waals surface area contributed by atoms with Gasteiger partial charge in [0.15, 0.2) is 0 Å². The third-order valence-corrected chi connectivity index (χ3v) is 2.17. The third-order valence-electron chi connectivity index (χ3n) is 2.17. The smallest absolute Gasteiger partial charge is 0.123 e. The summed E-state index contributed by atoms with van der Waals surface area (Å²) in [4.78, 5) is 0. The first-order chi connectivity index (χ1) is 6.18. The average molecular weight is 180 g/mol. The fraction of sp³-hybridized carbons (Fsp3) is 0.200. The molecule has 0 heterocycles. The highest BCUT2D eigenvalue weighted by Crippen LogP contribution is 2.29. The molecule has 1 aromatic rings. The van der Waals surface area contributed by atoms with Crippen molar-refractivity contribution in [3.63, 3.8) is 0 Å². The standard InChI is InChI=1S/C10H9FO2/c11-7-3-1-6(2-4-7)8-5-9(12)10(8)13/h1-5,9-10,12-13H. The molecule has 0 fully saturated rings. The monoisotopic (exact) mass is 180 g/mol. The first-order valence-corrected chi connectivity index (χ1v) is 4.02. The second kappa shape index (κ2) is 2.94. The lowest BCUT2D eigenvalue weighted by molar-refractivity contribution is 0.0690. The van der Waals surface area contributed by atoms with E-state index in [-0.39, 0.29) is 5.82 Å². The third kappa shape index (κ3) is 1.36. The first-order valence-electron chi connectivity index (χ1n) is 4.02. The summed E-state index contributed by atoms with van der Waals surface area (Å²) in [6.45, 7) is 0. The van der Waals surface area contributed by atoms with E-state index in [4.69, 9.17) is 5.11 Å². The van der Waals surface area contributed by atoms with Crippen LogP contribution in [0.25, 0.3) is 5.57 Å². The van der Waals surface area contributed by atoms with Crippen molar-refractivity contribution in [2.24, 2.45) is 0 Å². The summed E-state index contributed by atoms with van der Waals surface area (Å²) in [6.07, 6.45) is -0.0525. The van der Waals surface area contributed by atoms with E-state index in [0.29, 0.717) is 5.57 Å². The molecule has 0 saturated heterocycles. The van der Waals surface area contributed by atoms with Crippen molar-refractivity contribution >= 4 is 5.57 Å². The summed E-state index contributed by atoms with van der Waals surface area (Å²) in [5, 5.41) is 18.3. The van der Waals surface area contributed by atoms with Crippen LogP contribution in [-0.4, -0.2) is 22.4 Å². The lowest BCUT2D eigenvalue weighted by Crippen LogP contribution is -2.34. The lowest BCUT2D eigenvalue weighted by atomic mass is 9.86. The van der Waals surface area contributed by atoms with Gasteiger partial charge in [-0.2, -0.15) is 0 Å². The van der Waals surface area contributed by atoms with Crippen LogP contribution in [0, 0.1) is 5.82 Å². The summed E-state index contributed by atoms with van der Waals surface area (Å²) in [5.74, 6) is -0.307. The van der Waals surface area contributed by atoms with Gasteiger partial charge in [-0.3, -0.25) is 0 Å². The van der Waals surface area contributed by atoms with Gasteiger partial charge in [0.2, 0.25) is 0 Å². The normalized spacial score (nSPS) is 26.5. The second-order valence-electron chi connectivity index (χ2n) is 3.06. The predicted octanol–water partition coefficient (Wildman–Crippen LogP) is 0.944. The molecule has 0 aromatic heterocycles. The molecule has 68 valence electrons. The van der Waals surface area contributed by atoms with Gasteiger partial charge in [-0.1, -0.05) is 12.1 Å². The molecule has 2 atom stereocenters. The van der Waals surface area contributed by atoms with Crippen LogP contribution in [0.15, 0.2) is 30.3 Å². The van der Waals surface area contributed by atoms with E-state index in [1.54, 1.807) is 18.2 Å². The Labute approximate surface area is 74.9 Å². The summed E-state index contributed by atoms with van der Waals surface area (Å²) < 4.78 is 12.5. The number of hydrogen-bond acceptors (Lipinski definition) is 2. The maximum Gasteiger partial charge on any atom is 0.123 e. The van der Waals surface area contributed by atoms with Gasteiger partial charge in [-0.25, -0.2) is 4.39 Å². The summed E-state index contributed by atoms with van der Waals surface area (Å²) in [7, 11) is 0. The van der Waals surface area contributed by atoms with E-state index in [9.17, 15) is 9.50 Å². The Morgan fingerprint density at radius 2 is 1.69 bits per heavy atom. The van der Waals surface area contributed by atoms with Gasteiger partial charge < -0.3 is 10.2 Å². The molecular formula is C10H9FO2. The van der Waals surface area contributed by atoms with Crippen LogP contribution >= 0.6 is 0 Å². The molecule has 0 aliphatic heterocycles. The number of hydrogen-bond donors (Lipinski definition) is 2. The predicted molar refractivity (Wildman–Crippen MR) is 46.4 cm³/mol. The fourth-order valence-corrected chi connectivity index (χ4v) is 1.35. The maximum atomic E-state index is 12.5. The minimum atomic E-state index is -0.828. The fourth-order valence-electron chi connectivity index (χ4n) is 1.35. The van der Waals surface area contributed by atoms with Gasteiger partial charge in [0.1, 0.15) is 18.0 Å². The highest BCUT2D eigenvalue weighted by atomic mass is 19.1. The SMILES string of the molecule is OC1C=C(c2ccc(F)cc2)C1O. The number of aliphatic hydroxyl groups is 2. The zero-order valence-electron chi connectivity index (χ0n) is 6.81. The molecular weight excluding hydrogens is 171 g/mol. The van der Waals surface area contributed by atoms with Crippen molar-refractivity contribution in [2.75, 3.05) is 0 Å². The van der Waals surface area contributed by atoms with Crippen molar-refractivity contribution < 1.29 is 14.6 Å². The molecule has 0 radical (unpaired) electrons. The van der Waals surface area contributed by atoms with Crippen LogP contribution in [0.4, 0.5) is 4.39 Å². The van der Waals surface area contributed by atoms with Crippen molar-refractivity contribution in [3.8, 4) is 0 Å². The molecule has 1 aliphatic rings. The zero-order chi connectivity index (χ0) is 9.42. The maximum absolute atomic E-state index is 12.5. The lowest BCUT2D eigenvalue weighted by Gasteiger charge is -2.28. The topological polar surface area (TPSA) is 40.5 Å². The van der Waals surface area contributed by atoms with Gasteiger partial charge >= 0.3 is 0 Å². The summed E-state index contributed by atoms with van der Waals surface area (Å²) in [5.41, 5.74) is 1.41. The van der Waals surface area contributed by atoms with Crippen LogP contribution < -0.4 is 0 Å². The Morgan fingerprint density at radius 3 is 2.15 bits per heavy atom. The molecule has 0 amide bonds. The Hall–Kier alpha value is -1.19. The molecule has 0 bridgehead atoms. The van der Waals surface area contributed by atoms with Crippen molar-refractivity contribution in [1.82, 2.24) is 0 Å². The van der Waals surface area contributed by atoms with Crippen LogP contribution in [-0.2, 0) is 0 Å². The molecule has 1 aromatic carbocycles. The molecule has 0 spiro atoms. The molecule has 2 unspecified atom stereocenters. The molecule has 2 N–H and O–H groups in total. The minimum Gasteiger partial charge on any atom is -0.386 e. The second-order valence-corrected chi connectivity index (χ2v) is 3.06. The van der Waals surface area contributed by atoms with Crippen LogP contribution in [0.2, 0.25) is 0 Å². The van der Waals surface area contributed by atoms with E-state index in [2.05, 4.69) is 0 Å². The zero-order valence-corrected chi connectivity index (χ0v) is 6.81. The van der Waals surface area contributed by atoms with Gasteiger partial charge in [0.25, 0.3) is 0 Å². The average Bonchev–Trinajstić information content (AvgIpc) is 2.15. The number of aliphatic hydroxyl groups excluding tert-OH is 2. The van der Waals surface area contributed by atoms with Crippen molar-refractivity contribution in [1.29, 1.82) is 0 Å². The molecule has 0 saturated carbocycles. The van der Waals surface area contributed by atoms with Gasteiger partial charge in [0, 0.05) is 0 Å². The molecule has 13 heavy (non-hydrogen) atoms. The number of rotatable bonds is 1. The van der Waals surface area contributed by atoms with E-state index < -0.39 is 12.2 Å². The number of halogens is 1. The van der Waals surface area contributed by atoms with Gasteiger partial charge in [-0.15, -0.1) is 0 Å². The Bertz CT molecular complexity index is 342. The van der Waals surface area contributed by atoms with Crippen LogP contribution in [0.3, 0.4) is 0 Å². The molecule has 3 heteroatoms. The first kappa shape index (κ1) is 8.41. The quantitative estimate of drug-likeness (QED) is 0.675. The highest BCUT2D eigenvalue weighted by molar-refractivity contribution is 5.75. The minimum absolute atomic E-state index is 0.307. The number of benzene rings is 1. The van der Waals surface area contributed by atoms with E-state index in [0.717, 1.165) is 5.56 Å². The van der Waals surface area contributed by atoms with E-state index >= 15 is 0 Å². The summed E-state index contributed by atoms with van der Waals surface area (Å²) >= 11 is 0. The van der Waals surface area contributed by atoms with E-state index in [1.165, 1.54) is 12.1 Å². The van der Waals surface area contributed by atoms with E-state index in [1.807, 2.05) is 0 Å². The summed E-state index contributed by atoms with van der Waals surface area (Å²) in [6, 6.07) is 5.81. The van der Waals surface area contributed by atoms with Crippen molar-refractivity contribution in [2.45, 2.75) is 12.2 Å². The molecule has 2 rings (SSSR count). The Kier molecular flexibility index (Phi) is 1.90. The molecule has 2 nitrogen and oxygen atoms in total. The molecule has 1 aliphatic carbocycles.